The Balaban J connectivity index is 1.50. The molecule has 0 spiro atoms. The molecule has 0 radical (unpaired) electrons. The van der Waals surface area contributed by atoms with E-state index in [2.05, 4.69) is 50.0 Å². The third-order valence-electron chi connectivity index (χ3n) is 8.89. The fourth-order valence-corrected chi connectivity index (χ4v) is 5.89. The summed E-state index contributed by atoms with van der Waals surface area (Å²) in [5.74, 6) is 1.48. The number of carbonyl (C=O) groups is 1. The van der Waals surface area contributed by atoms with Crippen LogP contribution in [0.15, 0.2) is 59.1 Å². The molecule has 2 aromatic carbocycles. The summed E-state index contributed by atoms with van der Waals surface area (Å²) < 4.78 is 11.8. The smallest absolute Gasteiger partial charge is 0.224 e. The van der Waals surface area contributed by atoms with Gasteiger partial charge in [-0.2, -0.15) is 0 Å². The van der Waals surface area contributed by atoms with Gasteiger partial charge in [0.15, 0.2) is 11.5 Å². The van der Waals surface area contributed by atoms with E-state index in [-0.39, 0.29) is 11.3 Å². The van der Waals surface area contributed by atoms with Gasteiger partial charge in [-0.3, -0.25) is 9.79 Å². The van der Waals surface area contributed by atoms with Gasteiger partial charge in [0.25, 0.3) is 0 Å². The number of para-hydroxylation sites is 1. The molecule has 5 heteroatoms. The molecule has 43 heavy (non-hydrogen) atoms. The second kappa shape index (κ2) is 18.6. The molecule has 0 aliphatic carbocycles. The second-order valence-electron chi connectivity index (χ2n) is 12.5. The lowest BCUT2D eigenvalue weighted by atomic mass is 9.76. The number of methoxy groups -OCH3 is 1. The van der Waals surface area contributed by atoms with Gasteiger partial charge in [0.1, 0.15) is 0 Å². The molecule has 1 amide bonds. The Hall–Kier alpha value is -3.08. The standard InChI is InChI=1S/C38H56N2O3/c1-6-7-8-9-10-11-12-13-14-15-16-19-26-43-36-23-22-33(27-37(36)42-5)29-40(32(3)41)35-21-18-17-20-34(35)28-38(4)30-39-25-24-31(38)2/h17-18,20-25,27H,6-16,19,26,28-30H2,1-5H3. The minimum atomic E-state index is -0.0664. The molecule has 0 bridgehead atoms. The lowest BCUT2D eigenvalue weighted by Gasteiger charge is -2.33. The summed E-state index contributed by atoms with van der Waals surface area (Å²) in [6, 6.07) is 14.3. The summed E-state index contributed by atoms with van der Waals surface area (Å²) in [5.41, 5.74) is 4.35. The lowest BCUT2D eigenvalue weighted by molar-refractivity contribution is -0.116. The summed E-state index contributed by atoms with van der Waals surface area (Å²) in [7, 11) is 1.68. The van der Waals surface area contributed by atoms with Gasteiger partial charge in [0.2, 0.25) is 5.91 Å². The van der Waals surface area contributed by atoms with E-state index in [0.29, 0.717) is 18.9 Å². The van der Waals surface area contributed by atoms with Crippen molar-refractivity contribution < 1.29 is 14.3 Å². The Morgan fingerprint density at radius 1 is 0.907 bits per heavy atom. The second-order valence-corrected chi connectivity index (χ2v) is 12.5. The SMILES string of the molecule is CCCCCCCCCCCCCCOc1ccc(CN(C(C)=O)c2ccccc2CC2(C)CN=CC=C2C)cc1OC. The van der Waals surface area contributed by atoms with Crippen LogP contribution in [0.3, 0.4) is 0 Å². The molecule has 1 heterocycles. The van der Waals surface area contributed by atoms with Crippen LogP contribution in [0.1, 0.15) is 116 Å². The van der Waals surface area contributed by atoms with Crippen molar-refractivity contribution in [1.82, 2.24) is 0 Å². The molecule has 1 aliphatic heterocycles. The van der Waals surface area contributed by atoms with E-state index in [4.69, 9.17) is 9.47 Å². The average Bonchev–Trinajstić information content (AvgIpc) is 3.00. The van der Waals surface area contributed by atoms with Crippen LogP contribution in [0.4, 0.5) is 5.69 Å². The Morgan fingerprint density at radius 2 is 1.56 bits per heavy atom. The number of hydrogen-bond acceptors (Lipinski definition) is 4. The maximum Gasteiger partial charge on any atom is 0.224 e. The highest BCUT2D eigenvalue weighted by Gasteiger charge is 2.30. The topological polar surface area (TPSA) is 51.1 Å². The predicted molar refractivity (Wildman–Crippen MR) is 182 cm³/mol. The Morgan fingerprint density at radius 3 is 2.19 bits per heavy atom. The molecule has 0 aromatic heterocycles. The van der Waals surface area contributed by atoms with E-state index in [1.807, 2.05) is 35.4 Å². The van der Waals surface area contributed by atoms with Crippen LogP contribution in [-0.2, 0) is 17.8 Å². The average molecular weight is 589 g/mol. The van der Waals surface area contributed by atoms with Crippen LogP contribution in [0.5, 0.6) is 11.5 Å². The van der Waals surface area contributed by atoms with Crippen molar-refractivity contribution in [2.45, 2.75) is 118 Å². The van der Waals surface area contributed by atoms with Crippen molar-refractivity contribution >= 4 is 17.8 Å². The van der Waals surface area contributed by atoms with Gasteiger partial charge >= 0.3 is 0 Å². The molecule has 0 saturated heterocycles. The maximum absolute atomic E-state index is 12.9. The van der Waals surface area contributed by atoms with E-state index in [9.17, 15) is 4.79 Å². The molecular weight excluding hydrogens is 532 g/mol. The number of allylic oxidation sites excluding steroid dienone is 1. The van der Waals surface area contributed by atoms with Crippen LogP contribution in [0.25, 0.3) is 0 Å². The van der Waals surface area contributed by atoms with Crippen molar-refractivity contribution in [3.8, 4) is 11.5 Å². The Bertz CT molecular complexity index is 1190. The Labute approximate surface area is 261 Å². The van der Waals surface area contributed by atoms with Crippen LogP contribution in [-0.4, -0.2) is 32.4 Å². The number of unbranched alkanes of at least 4 members (excludes halogenated alkanes) is 11. The molecule has 5 nitrogen and oxygen atoms in total. The minimum Gasteiger partial charge on any atom is -0.493 e. The zero-order valence-corrected chi connectivity index (χ0v) is 27.6. The van der Waals surface area contributed by atoms with Gasteiger partial charge < -0.3 is 14.4 Å². The number of anilines is 1. The number of amides is 1. The normalized spacial score (nSPS) is 16.2. The summed E-state index contributed by atoms with van der Waals surface area (Å²) >= 11 is 0. The molecule has 1 unspecified atom stereocenters. The van der Waals surface area contributed by atoms with E-state index in [1.54, 1.807) is 14.0 Å². The zero-order valence-electron chi connectivity index (χ0n) is 27.6. The first-order valence-corrected chi connectivity index (χ1v) is 16.7. The van der Waals surface area contributed by atoms with Gasteiger partial charge in [-0.25, -0.2) is 0 Å². The van der Waals surface area contributed by atoms with Gasteiger partial charge in [-0.15, -0.1) is 0 Å². The number of ether oxygens (including phenoxy) is 2. The largest absolute Gasteiger partial charge is 0.493 e. The van der Waals surface area contributed by atoms with E-state index < -0.39 is 0 Å². The van der Waals surface area contributed by atoms with Crippen LogP contribution in [0, 0.1) is 5.41 Å². The molecule has 0 saturated carbocycles. The number of aliphatic imine (C=N–C) groups is 1. The summed E-state index contributed by atoms with van der Waals surface area (Å²) in [5, 5.41) is 0. The fourth-order valence-electron chi connectivity index (χ4n) is 5.89. The van der Waals surface area contributed by atoms with Crippen LogP contribution < -0.4 is 14.4 Å². The molecule has 0 N–H and O–H groups in total. The van der Waals surface area contributed by atoms with Gasteiger partial charge in [0, 0.05) is 30.8 Å². The lowest BCUT2D eigenvalue weighted by Crippen LogP contribution is -2.31. The number of rotatable bonds is 20. The first-order chi connectivity index (χ1) is 20.9. The number of nitrogens with zero attached hydrogens (tertiary/aromatic N) is 2. The first kappa shape index (κ1) is 34.4. The number of carbonyl (C=O) groups excluding carboxylic acids is 1. The maximum atomic E-state index is 12.9. The third-order valence-corrected chi connectivity index (χ3v) is 8.89. The minimum absolute atomic E-state index is 0.0119. The van der Waals surface area contributed by atoms with Gasteiger partial charge in [-0.05, 0) is 55.2 Å². The van der Waals surface area contributed by atoms with E-state index in [1.165, 1.54) is 76.2 Å². The number of dihydropyridines is 1. The molecule has 1 atom stereocenters. The van der Waals surface area contributed by atoms with E-state index in [0.717, 1.165) is 42.0 Å². The molecule has 2 aromatic rings. The quantitative estimate of drug-likeness (QED) is 0.145. The predicted octanol–water partition coefficient (Wildman–Crippen LogP) is 9.91. The fraction of sp³-hybridized carbons (Fsp3) is 0.579. The highest BCUT2D eigenvalue weighted by Crippen LogP contribution is 2.37. The molecular formula is C38H56N2O3. The van der Waals surface area contributed by atoms with Crippen LogP contribution in [0.2, 0.25) is 0 Å². The van der Waals surface area contributed by atoms with Crippen LogP contribution >= 0.6 is 0 Å². The van der Waals surface area contributed by atoms with Gasteiger partial charge in [-0.1, -0.05) is 114 Å². The van der Waals surface area contributed by atoms with Crippen molar-refractivity contribution in [3.05, 3.63) is 65.2 Å². The summed E-state index contributed by atoms with van der Waals surface area (Å²) in [4.78, 5) is 19.3. The van der Waals surface area contributed by atoms with Crippen molar-refractivity contribution in [1.29, 1.82) is 0 Å². The summed E-state index contributed by atoms with van der Waals surface area (Å²) in [6.07, 6.45) is 20.7. The zero-order chi connectivity index (χ0) is 30.9. The molecule has 236 valence electrons. The third kappa shape index (κ3) is 11.2. The first-order valence-electron chi connectivity index (χ1n) is 16.7. The summed E-state index contributed by atoms with van der Waals surface area (Å²) in [6.45, 7) is 10.2. The molecule has 3 rings (SSSR count). The molecule has 0 fully saturated rings. The van der Waals surface area contributed by atoms with Crippen molar-refractivity contribution in [2.75, 3.05) is 25.2 Å². The van der Waals surface area contributed by atoms with Crippen molar-refractivity contribution in [2.24, 2.45) is 10.4 Å². The highest BCUT2D eigenvalue weighted by atomic mass is 16.5. The highest BCUT2D eigenvalue weighted by molar-refractivity contribution is 5.92. The number of benzene rings is 2. The van der Waals surface area contributed by atoms with Gasteiger partial charge in [0.05, 0.1) is 20.3 Å². The monoisotopic (exact) mass is 588 g/mol. The van der Waals surface area contributed by atoms with Crippen molar-refractivity contribution in [3.63, 3.8) is 0 Å². The number of hydrogen-bond donors (Lipinski definition) is 0. The Kier molecular flexibility index (Phi) is 14.8. The van der Waals surface area contributed by atoms with E-state index >= 15 is 0 Å². The molecule has 1 aliphatic rings.